The Kier molecular flexibility index (Phi) is 4.40. The van der Waals surface area contributed by atoms with Gasteiger partial charge in [0, 0.05) is 13.6 Å². The predicted octanol–water partition coefficient (Wildman–Crippen LogP) is 1.23. The van der Waals surface area contributed by atoms with Crippen LogP contribution >= 0.6 is 0 Å². The Hall–Kier alpha value is -0.570. The molecule has 1 atom stereocenters. The van der Waals surface area contributed by atoms with E-state index in [1.807, 2.05) is 0 Å². The highest BCUT2D eigenvalue weighted by Gasteiger charge is 2.16. The van der Waals surface area contributed by atoms with E-state index in [0.29, 0.717) is 0 Å². The van der Waals surface area contributed by atoms with E-state index in [2.05, 4.69) is 20.8 Å². The fourth-order valence-electron chi connectivity index (χ4n) is 0.961. The Morgan fingerprint density at radius 3 is 2.23 bits per heavy atom. The van der Waals surface area contributed by atoms with Crippen molar-refractivity contribution in [3.63, 3.8) is 0 Å². The van der Waals surface area contributed by atoms with Crippen molar-refractivity contribution in [2.45, 2.75) is 40.2 Å². The Morgan fingerprint density at radius 1 is 1.46 bits per heavy atom. The van der Waals surface area contributed by atoms with Crippen molar-refractivity contribution in [1.82, 2.24) is 4.90 Å². The van der Waals surface area contributed by atoms with Gasteiger partial charge in [0.15, 0.2) is 0 Å². The molecule has 0 bridgehead atoms. The van der Waals surface area contributed by atoms with E-state index in [1.165, 1.54) is 0 Å². The van der Waals surface area contributed by atoms with Gasteiger partial charge in [-0.1, -0.05) is 20.8 Å². The number of rotatable bonds is 3. The highest BCUT2D eigenvalue weighted by Crippen LogP contribution is 2.18. The molecule has 0 fully saturated rings. The minimum absolute atomic E-state index is 0.0178. The average molecular weight is 186 g/mol. The Morgan fingerprint density at radius 2 is 1.92 bits per heavy atom. The standard InChI is InChI=1S/C10H22N2O/c1-8(11)9(13)12(5)7-6-10(2,3)4/h8H,6-7,11H2,1-5H3. The zero-order chi connectivity index (χ0) is 10.6. The number of hydrogen-bond donors (Lipinski definition) is 1. The normalized spacial score (nSPS) is 14.0. The maximum absolute atomic E-state index is 11.4. The maximum atomic E-state index is 11.4. The first-order chi connectivity index (χ1) is 5.74. The fourth-order valence-corrected chi connectivity index (χ4v) is 0.961. The van der Waals surface area contributed by atoms with Gasteiger partial charge in [0.1, 0.15) is 0 Å². The van der Waals surface area contributed by atoms with Gasteiger partial charge in [0.05, 0.1) is 6.04 Å². The van der Waals surface area contributed by atoms with Crippen LogP contribution in [0.1, 0.15) is 34.1 Å². The lowest BCUT2D eigenvalue weighted by molar-refractivity contribution is -0.131. The third-order valence-corrected chi connectivity index (χ3v) is 1.96. The van der Waals surface area contributed by atoms with E-state index in [4.69, 9.17) is 5.73 Å². The van der Waals surface area contributed by atoms with Crippen LogP contribution in [0.3, 0.4) is 0 Å². The molecule has 0 aromatic heterocycles. The van der Waals surface area contributed by atoms with Crippen molar-refractivity contribution in [2.24, 2.45) is 11.1 Å². The van der Waals surface area contributed by atoms with Gasteiger partial charge < -0.3 is 10.6 Å². The van der Waals surface area contributed by atoms with Crippen molar-refractivity contribution in [1.29, 1.82) is 0 Å². The van der Waals surface area contributed by atoms with E-state index in [0.717, 1.165) is 13.0 Å². The number of carbonyl (C=O) groups is 1. The Bertz CT molecular complexity index is 170. The largest absolute Gasteiger partial charge is 0.344 e. The monoisotopic (exact) mass is 186 g/mol. The molecule has 0 aliphatic heterocycles. The molecule has 0 aliphatic carbocycles. The van der Waals surface area contributed by atoms with Crippen LogP contribution in [0, 0.1) is 5.41 Å². The zero-order valence-electron chi connectivity index (χ0n) is 9.42. The summed E-state index contributed by atoms with van der Waals surface area (Å²) in [5.74, 6) is 0.0178. The van der Waals surface area contributed by atoms with Crippen molar-refractivity contribution in [3.05, 3.63) is 0 Å². The molecule has 78 valence electrons. The summed E-state index contributed by atoms with van der Waals surface area (Å²) in [7, 11) is 1.80. The third-order valence-electron chi connectivity index (χ3n) is 1.96. The van der Waals surface area contributed by atoms with E-state index in [9.17, 15) is 4.79 Å². The van der Waals surface area contributed by atoms with E-state index >= 15 is 0 Å². The van der Waals surface area contributed by atoms with Gasteiger partial charge in [-0.15, -0.1) is 0 Å². The molecule has 0 aliphatic rings. The molecule has 0 aromatic rings. The minimum Gasteiger partial charge on any atom is -0.344 e. The molecular weight excluding hydrogens is 164 g/mol. The first-order valence-corrected chi connectivity index (χ1v) is 4.74. The van der Waals surface area contributed by atoms with Crippen LogP contribution in [0.5, 0.6) is 0 Å². The topological polar surface area (TPSA) is 46.3 Å². The van der Waals surface area contributed by atoms with Gasteiger partial charge in [0.25, 0.3) is 0 Å². The van der Waals surface area contributed by atoms with Gasteiger partial charge in [-0.3, -0.25) is 4.79 Å². The first kappa shape index (κ1) is 12.4. The van der Waals surface area contributed by atoms with Crippen LogP contribution in [0.4, 0.5) is 0 Å². The maximum Gasteiger partial charge on any atom is 0.238 e. The SMILES string of the molecule is CC(N)C(=O)N(C)CCC(C)(C)C. The number of likely N-dealkylation sites (N-methyl/N-ethyl adjacent to an activating group) is 1. The van der Waals surface area contributed by atoms with Crippen LogP contribution < -0.4 is 5.73 Å². The first-order valence-electron chi connectivity index (χ1n) is 4.74. The molecule has 2 N–H and O–H groups in total. The van der Waals surface area contributed by atoms with E-state index in [1.54, 1.807) is 18.9 Å². The fraction of sp³-hybridized carbons (Fsp3) is 0.900. The summed E-state index contributed by atoms with van der Waals surface area (Å²) < 4.78 is 0. The van der Waals surface area contributed by atoms with Crippen molar-refractivity contribution in [3.8, 4) is 0 Å². The minimum atomic E-state index is -0.384. The molecule has 1 unspecified atom stereocenters. The van der Waals surface area contributed by atoms with Gasteiger partial charge >= 0.3 is 0 Å². The van der Waals surface area contributed by atoms with Gasteiger partial charge in [-0.25, -0.2) is 0 Å². The van der Waals surface area contributed by atoms with Crippen LogP contribution in [-0.4, -0.2) is 30.4 Å². The summed E-state index contributed by atoms with van der Waals surface area (Å²) in [5, 5.41) is 0. The molecule has 0 radical (unpaired) electrons. The lowest BCUT2D eigenvalue weighted by atomic mass is 9.92. The molecule has 0 heterocycles. The summed E-state index contributed by atoms with van der Waals surface area (Å²) in [6.07, 6.45) is 1.00. The van der Waals surface area contributed by atoms with Crippen LogP contribution in [0.15, 0.2) is 0 Å². The number of nitrogens with zero attached hydrogens (tertiary/aromatic N) is 1. The van der Waals surface area contributed by atoms with E-state index < -0.39 is 0 Å². The lowest BCUT2D eigenvalue weighted by Crippen LogP contribution is -2.40. The molecule has 1 amide bonds. The summed E-state index contributed by atoms with van der Waals surface area (Å²) in [4.78, 5) is 13.1. The summed E-state index contributed by atoms with van der Waals surface area (Å²) in [5.41, 5.74) is 5.76. The number of hydrogen-bond acceptors (Lipinski definition) is 2. The molecule has 0 saturated heterocycles. The van der Waals surface area contributed by atoms with E-state index in [-0.39, 0.29) is 17.4 Å². The molecule has 0 saturated carbocycles. The van der Waals surface area contributed by atoms with Crippen LogP contribution in [0.2, 0.25) is 0 Å². The Balaban J connectivity index is 3.88. The lowest BCUT2D eigenvalue weighted by Gasteiger charge is -2.24. The van der Waals surface area contributed by atoms with Crippen molar-refractivity contribution < 1.29 is 4.79 Å². The van der Waals surface area contributed by atoms with Gasteiger partial charge in [0.2, 0.25) is 5.91 Å². The average Bonchev–Trinajstić information content (AvgIpc) is 1.97. The number of amides is 1. The van der Waals surface area contributed by atoms with Gasteiger partial charge in [-0.05, 0) is 18.8 Å². The smallest absolute Gasteiger partial charge is 0.238 e. The molecule has 13 heavy (non-hydrogen) atoms. The second-order valence-corrected chi connectivity index (χ2v) is 4.86. The molecule has 3 heteroatoms. The molecular formula is C10H22N2O. The molecule has 3 nitrogen and oxygen atoms in total. The number of carbonyl (C=O) groups excluding carboxylic acids is 1. The summed E-state index contributed by atoms with van der Waals surface area (Å²) in [6.45, 7) is 8.99. The zero-order valence-corrected chi connectivity index (χ0v) is 9.42. The van der Waals surface area contributed by atoms with Crippen LogP contribution in [-0.2, 0) is 4.79 Å². The third kappa shape index (κ3) is 5.64. The number of nitrogens with two attached hydrogens (primary N) is 1. The predicted molar refractivity (Wildman–Crippen MR) is 55.4 cm³/mol. The van der Waals surface area contributed by atoms with Crippen molar-refractivity contribution in [2.75, 3.05) is 13.6 Å². The highest BCUT2D eigenvalue weighted by atomic mass is 16.2. The van der Waals surface area contributed by atoms with Crippen LogP contribution in [0.25, 0.3) is 0 Å². The highest BCUT2D eigenvalue weighted by molar-refractivity contribution is 5.80. The summed E-state index contributed by atoms with van der Waals surface area (Å²) >= 11 is 0. The second-order valence-electron chi connectivity index (χ2n) is 4.86. The molecule has 0 spiro atoms. The second kappa shape index (κ2) is 4.61. The Labute approximate surface area is 81.3 Å². The quantitative estimate of drug-likeness (QED) is 0.720. The van der Waals surface area contributed by atoms with Crippen molar-refractivity contribution >= 4 is 5.91 Å². The van der Waals surface area contributed by atoms with Gasteiger partial charge in [-0.2, -0.15) is 0 Å². The summed E-state index contributed by atoms with van der Waals surface area (Å²) in [6, 6.07) is -0.384. The molecule has 0 aromatic carbocycles. The molecule has 0 rings (SSSR count).